The molecule has 3 aromatic rings. The number of alkyl halides is 3. The van der Waals surface area contributed by atoms with Gasteiger partial charge >= 0.3 is 6.18 Å². The highest BCUT2D eigenvalue weighted by atomic mass is 32.2. The van der Waals surface area contributed by atoms with E-state index in [4.69, 9.17) is 4.74 Å². The molecular weight excluding hydrogens is 555 g/mol. The maximum Gasteiger partial charge on any atom is 0.404 e. The molecule has 2 aromatic carbocycles. The lowest BCUT2D eigenvalue weighted by atomic mass is 9.96. The molecule has 1 atom stereocenters. The Morgan fingerprint density at radius 3 is 2.44 bits per heavy atom. The summed E-state index contributed by atoms with van der Waals surface area (Å²) >= 11 is 1.09. The molecule has 1 aliphatic carbocycles. The number of aliphatic hydroxyl groups is 1. The van der Waals surface area contributed by atoms with Crippen molar-refractivity contribution in [2.24, 2.45) is 0 Å². The number of hydrogen-bond acceptors (Lipinski definition) is 7. The highest BCUT2D eigenvalue weighted by Crippen LogP contribution is 2.39. The van der Waals surface area contributed by atoms with Gasteiger partial charge in [-0.05, 0) is 51.5 Å². The first-order valence-corrected chi connectivity index (χ1v) is 14.7. The number of halogens is 3. The van der Waals surface area contributed by atoms with Gasteiger partial charge in [0.05, 0.1) is 33.8 Å². The zero-order valence-electron chi connectivity index (χ0n) is 21.6. The SMILES string of the molecule is C[C@H](NS(=O)(=O)c1ccc(-c2sc(C(=O)NCC(C)(C)O)nc2COC2CCC2)c2ccccc12)C(F)(F)F. The number of carbonyl (C=O) groups excluding carboxylic acids is 1. The van der Waals surface area contributed by atoms with Crippen LogP contribution < -0.4 is 10.0 Å². The van der Waals surface area contributed by atoms with Crippen molar-refractivity contribution in [1.82, 2.24) is 15.0 Å². The van der Waals surface area contributed by atoms with E-state index in [-0.39, 0.29) is 34.5 Å². The first-order chi connectivity index (χ1) is 18.2. The predicted molar refractivity (Wildman–Crippen MR) is 142 cm³/mol. The summed E-state index contributed by atoms with van der Waals surface area (Å²) in [4.78, 5) is 17.6. The molecule has 13 heteroatoms. The van der Waals surface area contributed by atoms with Crippen molar-refractivity contribution < 1.29 is 36.2 Å². The number of thiazole rings is 1. The second-order valence-corrected chi connectivity index (χ2v) is 12.9. The molecule has 0 radical (unpaired) electrons. The molecule has 3 N–H and O–H groups in total. The van der Waals surface area contributed by atoms with Crippen LogP contribution in [0.4, 0.5) is 13.2 Å². The maximum absolute atomic E-state index is 13.1. The van der Waals surface area contributed by atoms with E-state index in [1.54, 1.807) is 36.8 Å². The maximum atomic E-state index is 13.1. The number of fused-ring (bicyclic) bond motifs is 1. The van der Waals surface area contributed by atoms with Crippen molar-refractivity contribution >= 4 is 38.0 Å². The van der Waals surface area contributed by atoms with Gasteiger partial charge in [-0.2, -0.15) is 17.9 Å². The average molecular weight is 586 g/mol. The highest BCUT2D eigenvalue weighted by Gasteiger charge is 2.39. The number of nitrogens with one attached hydrogen (secondary N) is 2. The number of sulfonamides is 1. The Labute approximate surface area is 228 Å². The number of aromatic nitrogens is 1. The van der Waals surface area contributed by atoms with Crippen LogP contribution in [-0.2, 0) is 21.4 Å². The fourth-order valence-corrected chi connectivity index (χ4v) is 6.40. The van der Waals surface area contributed by atoms with E-state index >= 15 is 0 Å². The summed E-state index contributed by atoms with van der Waals surface area (Å²) in [6.07, 6.45) is -1.73. The first kappa shape index (κ1) is 29.4. The van der Waals surface area contributed by atoms with Crippen molar-refractivity contribution in [2.75, 3.05) is 6.54 Å². The van der Waals surface area contributed by atoms with Crippen LogP contribution in [0.1, 0.15) is 55.5 Å². The Morgan fingerprint density at radius 2 is 1.85 bits per heavy atom. The van der Waals surface area contributed by atoms with Crippen LogP contribution in [0.2, 0.25) is 0 Å². The van der Waals surface area contributed by atoms with Crippen LogP contribution >= 0.6 is 11.3 Å². The van der Waals surface area contributed by atoms with E-state index in [9.17, 15) is 31.5 Å². The molecule has 0 bridgehead atoms. The summed E-state index contributed by atoms with van der Waals surface area (Å²) in [6, 6.07) is 6.97. The van der Waals surface area contributed by atoms with Gasteiger partial charge in [0.25, 0.3) is 5.91 Å². The molecule has 1 fully saturated rings. The van der Waals surface area contributed by atoms with Gasteiger partial charge in [-0.25, -0.2) is 13.4 Å². The van der Waals surface area contributed by atoms with Crippen LogP contribution in [0, 0.1) is 0 Å². The lowest BCUT2D eigenvalue weighted by Crippen LogP contribution is -2.43. The van der Waals surface area contributed by atoms with Crippen LogP contribution in [0.25, 0.3) is 21.2 Å². The van der Waals surface area contributed by atoms with Gasteiger partial charge in [-0.1, -0.05) is 30.3 Å². The normalized spacial score (nSPS) is 15.8. The quantitative estimate of drug-likeness (QED) is 0.316. The Kier molecular flexibility index (Phi) is 8.39. The topological polar surface area (TPSA) is 118 Å². The summed E-state index contributed by atoms with van der Waals surface area (Å²) in [5.41, 5.74) is -0.0641. The zero-order chi connectivity index (χ0) is 28.6. The largest absolute Gasteiger partial charge is 0.404 e. The van der Waals surface area contributed by atoms with Crippen molar-refractivity contribution in [2.45, 2.75) is 75.5 Å². The second-order valence-electron chi connectivity index (χ2n) is 10.2. The van der Waals surface area contributed by atoms with Gasteiger partial charge in [0, 0.05) is 17.5 Å². The number of hydrogen-bond donors (Lipinski definition) is 3. The monoisotopic (exact) mass is 585 g/mol. The number of nitrogens with zero attached hydrogens (tertiary/aromatic N) is 1. The summed E-state index contributed by atoms with van der Waals surface area (Å²) < 4.78 is 72.9. The number of rotatable bonds is 10. The number of carbonyl (C=O) groups is 1. The molecular formula is C26H30F3N3O5S2. The molecule has 39 heavy (non-hydrogen) atoms. The van der Waals surface area contributed by atoms with Crippen LogP contribution in [0.3, 0.4) is 0 Å². The third kappa shape index (κ3) is 6.95. The summed E-state index contributed by atoms with van der Waals surface area (Å²) in [7, 11) is -4.52. The highest BCUT2D eigenvalue weighted by molar-refractivity contribution is 7.89. The fraction of sp³-hybridized carbons (Fsp3) is 0.462. The molecule has 1 heterocycles. The predicted octanol–water partition coefficient (Wildman–Crippen LogP) is 4.76. The van der Waals surface area contributed by atoms with Gasteiger partial charge in [-0.3, -0.25) is 4.79 Å². The molecule has 1 aromatic heterocycles. The summed E-state index contributed by atoms with van der Waals surface area (Å²) in [5, 5.41) is 13.5. The molecule has 0 unspecified atom stereocenters. The van der Waals surface area contributed by atoms with Gasteiger partial charge < -0.3 is 15.2 Å². The number of amides is 1. The van der Waals surface area contributed by atoms with Crippen LogP contribution in [0.5, 0.6) is 0 Å². The van der Waals surface area contributed by atoms with Gasteiger partial charge in [0.15, 0.2) is 5.01 Å². The minimum Gasteiger partial charge on any atom is -0.389 e. The lowest BCUT2D eigenvalue weighted by Gasteiger charge is -2.25. The van der Waals surface area contributed by atoms with Gasteiger partial charge in [0.2, 0.25) is 10.0 Å². The molecule has 4 rings (SSSR count). The van der Waals surface area contributed by atoms with Crippen molar-refractivity contribution in [3.8, 4) is 10.4 Å². The fourth-order valence-electron chi connectivity index (χ4n) is 3.93. The van der Waals surface area contributed by atoms with E-state index in [0.717, 1.165) is 37.5 Å². The van der Waals surface area contributed by atoms with E-state index in [2.05, 4.69) is 10.3 Å². The third-order valence-electron chi connectivity index (χ3n) is 6.32. The van der Waals surface area contributed by atoms with E-state index < -0.39 is 33.7 Å². The molecule has 0 saturated heterocycles. The van der Waals surface area contributed by atoms with E-state index in [0.29, 0.717) is 21.5 Å². The summed E-state index contributed by atoms with van der Waals surface area (Å²) in [6.45, 7) is 4.00. The van der Waals surface area contributed by atoms with Crippen LogP contribution in [0.15, 0.2) is 41.3 Å². The number of ether oxygens (including phenoxy) is 1. The molecule has 0 aliphatic heterocycles. The van der Waals surface area contributed by atoms with E-state index in [1.807, 2.05) is 0 Å². The smallest absolute Gasteiger partial charge is 0.389 e. The molecule has 1 aliphatic rings. The molecule has 1 saturated carbocycles. The number of benzene rings is 2. The Hall–Kier alpha value is -2.58. The van der Waals surface area contributed by atoms with Crippen molar-refractivity contribution in [3.05, 3.63) is 47.1 Å². The minimum absolute atomic E-state index is 0.00743. The molecule has 1 amide bonds. The molecule has 0 spiro atoms. The third-order valence-corrected chi connectivity index (χ3v) is 9.05. The molecule has 8 nitrogen and oxygen atoms in total. The van der Waals surface area contributed by atoms with Gasteiger partial charge in [0.1, 0.15) is 6.04 Å². The van der Waals surface area contributed by atoms with E-state index in [1.165, 1.54) is 18.2 Å². The minimum atomic E-state index is -4.75. The lowest BCUT2D eigenvalue weighted by molar-refractivity contribution is -0.147. The van der Waals surface area contributed by atoms with Crippen molar-refractivity contribution in [1.29, 1.82) is 0 Å². The Balaban J connectivity index is 1.76. The van der Waals surface area contributed by atoms with Crippen LogP contribution in [-0.4, -0.2) is 54.9 Å². The average Bonchev–Trinajstić information content (AvgIpc) is 3.23. The zero-order valence-corrected chi connectivity index (χ0v) is 23.3. The second kappa shape index (κ2) is 11.1. The Morgan fingerprint density at radius 1 is 1.18 bits per heavy atom. The van der Waals surface area contributed by atoms with Gasteiger partial charge in [-0.15, -0.1) is 11.3 Å². The first-order valence-electron chi connectivity index (χ1n) is 12.4. The standard InChI is InChI=1S/C26H30F3N3O5S2/c1-15(26(27,28)29)32-39(35,36)21-12-11-19(17-9-4-5-10-18(17)21)22-20(13-37-16-7-6-8-16)31-24(38-22)23(33)30-14-25(2,3)34/h4-5,9-12,15-16,32,34H,6-8,13-14H2,1-3H3,(H,30,33)/t15-/m0/s1. The van der Waals surface area contributed by atoms with Crippen molar-refractivity contribution in [3.63, 3.8) is 0 Å². The molecule has 212 valence electrons. The Bertz CT molecular complexity index is 1460. The summed E-state index contributed by atoms with van der Waals surface area (Å²) in [5.74, 6) is -0.480.